The van der Waals surface area contributed by atoms with Crippen molar-refractivity contribution in [3.8, 4) is 11.5 Å². The van der Waals surface area contributed by atoms with E-state index >= 15 is 0 Å². The molecule has 0 spiro atoms. The maximum atomic E-state index is 12.2. The van der Waals surface area contributed by atoms with Crippen LogP contribution in [0.25, 0.3) is 0 Å². The number of methoxy groups -OCH3 is 2. The number of hydrogen-bond acceptors (Lipinski definition) is 5. The molecule has 0 saturated heterocycles. The molecule has 0 aliphatic carbocycles. The fourth-order valence-electron chi connectivity index (χ4n) is 1.97. The van der Waals surface area contributed by atoms with Crippen molar-refractivity contribution >= 4 is 17.3 Å². The van der Waals surface area contributed by atoms with Gasteiger partial charge in [0, 0.05) is 17.3 Å². The highest BCUT2D eigenvalue weighted by Crippen LogP contribution is 2.22. The third-order valence-electron chi connectivity index (χ3n) is 3.24. The summed E-state index contributed by atoms with van der Waals surface area (Å²) < 4.78 is 10.3. The van der Waals surface area contributed by atoms with Gasteiger partial charge in [-0.05, 0) is 36.8 Å². The molecule has 0 bridgehead atoms. The predicted octanol–water partition coefficient (Wildman–Crippen LogP) is 2.44. The van der Waals surface area contributed by atoms with Crippen LogP contribution < -0.4 is 20.6 Å². The number of ether oxygens (including phenoxy) is 2. The Morgan fingerprint density at radius 1 is 1.04 bits per heavy atom. The first-order valence-electron chi connectivity index (χ1n) is 6.97. The average molecular weight is 313 g/mol. The minimum atomic E-state index is -0.356. The van der Waals surface area contributed by atoms with E-state index in [9.17, 15) is 4.79 Å². The molecule has 23 heavy (non-hydrogen) atoms. The van der Waals surface area contributed by atoms with Gasteiger partial charge in [0.05, 0.1) is 19.9 Å². The molecule has 120 valence electrons. The highest BCUT2D eigenvalue weighted by atomic mass is 16.5. The van der Waals surface area contributed by atoms with Crippen LogP contribution >= 0.6 is 0 Å². The zero-order valence-corrected chi connectivity index (χ0v) is 13.3. The third kappa shape index (κ3) is 4.23. The van der Waals surface area contributed by atoms with Gasteiger partial charge in [-0.1, -0.05) is 12.1 Å². The monoisotopic (exact) mass is 313 g/mol. The molecule has 2 rings (SSSR count). The van der Waals surface area contributed by atoms with Crippen molar-refractivity contribution < 1.29 is 14.3 Å². The minimum Gasteiger partial charge on any atom is -0.497 e. The number of amides is 1. The molecule has 3 N–H and O–H groups in total. The number of hydrazone groups is 1. The van der Waals surface area contributed by atoms with E-state index in [0.29, 0.717) is 28.5 Å². The standard InChI is InChI=1S/C17H19N3O3/c1-11(12-5-4-6-14(18)7-12)19-20-17(21)13-8-15(22-2)10-16(9-13)23-3/h4-10H,18H2,1-3H3,(H,20,21)/b19-11-. The molecule has 2 aromatic rings. The number of hydrogen-bond donors (Lipinski definition) is 2. The van der Waals surface area contributed by atoms with E-state index in [1.54, 1.807) is 37.3 Å². The molecular weight excluding hydrogens is 294 g/mol. The molecule has 0 unspecified atom stereocenters. The van der Waals surface area contributed by atoms with Crippen LogP contribution in [0.5, 0.6) is 11.5 Å². The number of nitrogens with zero attached hydrogens (tertiary/aromatic N) is 1. The largest absolute Gasteiger partial charge is 0.497 e. The number of benzene rings is 2. The number of rotatable bonds is 5. The molecule has 2 aromatic carbocycles. The summed E-state index contributed by atoms with van der Waals surface area (Å²) in [5.41, 5.74) is 10.8. The van der Waals surface area contributed by atoms with Gasteiger partial charge in [-0.15, -0.1) is 0 Å². The first-order valence-corrected chi connectivity index (χ1v) is 6.97. The van der Waals surface area contributed by atoms with E-state index in [1.165, 1.54) is 14.2 Å². The van der Waals surface area contributed by atoms with Gasteiger partial charge in [0.2, 0.25) is 0 Å². The van der Waals surface area contributed by atoms with E-state index in [1.807, 2.05) is 12.1 Å². The molecule has 1 amide bonds. The summed E-state index contributed by atoms with van der Waals surface area (Å²) in [6.07, 6.45) is 0. The smallest absolute Gasteiger partial charge is 0.271 e. The second-order valence-corrected chi connectivity index (χ2v) is 4.86. The lowest BCUT2D eigenvalue weighted by Crippen LogP contribution is -2.19. The average Bonchev–Trinajstić information content (AvgIpc) is 2.58. The molecular formula is C17H19N3O3. The Morgan fingerprint density at radius 2 is 1.70 bits per heavy atom. The molecule has 0 atom stereocenters. The van der Waals surface area contributed by atoms with Crippen LogP contribution in [-0.4, -0.2) is 25.8 Å². The fourth-order valence-corrected chi connectivity index (χ4v) is 1.97. The topological polar surface area (TPSA) is 85.9 Å². The minimum absolute atomic E-state index is 0.356. The Bertz CT molecular complexity index is 719. The summed E-state index contributed by atoms with van der Waals surface area (Å²) >= 11 is 0. The summed E-state index contributed by atoms with van der Waals surface area (Å²) in [6.45, 7) is 1.79. The highest BCUT2D eigenvalue weighted by Gasteiger charge is 2.09. The molecule has 0 radical (unpaired) electrons. The summed E-state index contributed by atoms with van der Waals surface area (Å²) in [5.74, 6) is 0.711. The van der Waals surface area contributed by atoms with Crippen LogP contribution in [0.2, 0.25) is 0 Å². The third-order valence-corrected chi connectivity index (χ3v) is 3.24. The molecule has 0 aliphatic rings. The molecule has 0 fully saturated rings. The molecule has 6 nitrogen and oxygen atoms in total. The summed E-state index contributed by atoms with van der Waals surface area (Å²) in [6, 6.07) is 12.2. The van der Waals surface area contributed by atoms with Crippen LogP contribution in [-0.2, 0) is 0 Å². The van der Waals surface area contributed by atoms with E-state index in [-0.39, 0.29) is 5.91 Å². The number of nitrogens with two attached hydrogens (primary N) is 1. The van der Waals surface area contributed by atoms with Gasteiger partial charge >= 0.3 is 0 Å². The van der Waals surface area contributed by atoms with E-state index in [0.717, 1.165) is 5.56 Å². The number of nitrogen functional groups attached to an aromatic ring is 1. The maximum Gasteiger partial charge on any atom is 0.271 e. The zero-order chi connectivity index (χ0) is 16.8. The van der Waals surface area contributed by atoms with Crippen LogP contribution in [0.3, 0.4) is 0 Å². The van der Waals surface area contributed by atoms with Gasteiger partial charge in [0.1, 0.15) is 11.5 Å². The van der Waals surface area contributed by atoms with Crippen molar-refractivity contribution in [3.63, 3.8) is 0 Å². The highest BCUT2D eigenvalue weighted by molar-refractivity contribution is 6.01. The maximum absolute atomic E-state index is 12.2. The van der Waals surface area contributed by atoms with Crippen molar-refractivity contribution in [2.75, 3.05) is 20.0 Å². The van der Waals surface area contributed by atoms with Crippen molar-refractivity contribution in [2.24, 2.45) is 5.10 Å². The van der Waals surface area contributed by atoms with Gasteiger partial charge in [-0.3, -0.25) is 4.79 Å². The molecule has 0 heterocycles. The van der Waals surface area contributed by atoms with Crippen LogP contribution in [0.1, 0.15) is 22.8 Å². The van der Waals surface area contributed by atoms with Crippen molar-refractivity contribution in [3.05, 3.63) is 53.6 Å². The molecule has 0 saturated carbocycles. The van der Waals surface area contributed by atoms with Crippen LogP contribution in [0.15, 0.2) is 47.6 Å². The van der Waals surface area contributed by atoms with E-state index in [2.05, 4.69) is 10.5 Å². The van der Waals surface area contributed by atoms with Crippen molar-refractivity contribution in [1.29, 1.82) is 0 Å². The Morgan fingerprint density at radius 3 is 2.26 bits per heavy atom. The predicted molar refractivity (Wildman–Crippen MR) is 90.1 cm³/mol. The Hall–Kier alpha value is -3.02. The lowest BCUT2D eigenvalue weighted by molar-refractivity contribution is 0.0954. The van der Waals surface area contributed by atoms with E-state index < -0.39 is 0 Å². The lowest BCUT2D eigenvalue weighted by atomic mass is 10.1. The number of nitrogens with one attached hydrogen (secondary N) is 1. The second kappa shape index (κ2) is 7.31. The lowest BCUT2D eigenvalue weighted by Gasteiger charge is -2.08. The number of carbonyl (C=O) groups is 1. The summed E-state index contributed by atoms with van der Waals surface area (Å²) in [7, 11) is 3.05. The number of carbonyl (C=O) groups excluding carboxylic acids is 1. The second-order valence-electron chi connectivity index (χ2n) is 4.86. The van der Waals surface area contributed by atoms with Gasteiger partial charge < -0.3 is 15.2 Å². The van der Waals surface area contributed by atoms with Gasteiger partial charge in [0.15, 0.2) is 0 Å². The first-order chi connectivity index (χ1) is 11.0. The Balaban J connectivity index is 2.17. The zero-order valence-electron chi connectivity index (χ0n) is 13.3. The van der Waals surface area contributed by atoms with Crippen LogP contribution in [0, 0.1) is 0 Å². The normalized spacial score (nSPS) is 11.0. The van der Waals surface area contributed by atoms with Crippen molar-refractivity contribution in [1.82, 2.24) is 5.43 Å². The van der Waals surface area contributed by atoms with Crippen LogP contribution in [0.4, 0.5) is 5.69 Å². The molecule has 0 aliphatic heterocycles. The summed E-state index contributed by atoms with van der Waals surface area (Å²) in [4.78, 5) is 12.2. The van der Waals surface area contributed by atoms with Gasteiger partial charge in [-0.25, -0.2) is 5.43 Å². The van der Waals surface area contributed by atoms with Crippen molar-refractivity contribution in [2.45, 2.75) is 6.92 Å². The first kappa shape index (κ1) is 16.4. The van der Waals surface area contributed by atoms with Gasteiger partial charge in [0.25, 0.3) is 5.91 Å². The SMILES string of the molecule is COc1cc(OC)cc(C(=O)N/N=C(/C)c2cccc(N)c2)c1. The number of anilines is 1. The Kier molecular flexibility index (Phi) is 5.19. The molecule has 0 aromatic heterocycles. The summed E-state index contributed by atoms with van der Waals surface area (Å²) in [5, 5.41) is 4.10. The van der Waals surface area contributed by atoms with Gasteiger partial charge in [-0.2, -0.15) is 5.10 Å². The fraction of sp³-hybridized carbons (Fsp3) is 0.176. The molecule has 6 heteroatoms. The quantitative estimate of drug-likeness (QED) is 0.504. The van der Waals surface area contributed by atoms with E-state index in [4.69, 9.17) is 15.2 Å². The Labute approximate surface area is 134 Å².